The number of nitrogens with zero attached hydrogens (tertiary/aromatic N) is 4. The van der Waals surface area contributed by atoms with Crippen molar-refractivity contribution in [3.05, 3.63) is 47.6 Å². The number of aryl methyl sites for hydroxylation is 1. The van der Waals surface area contributed by atoms with Gasteiger partial charge >= 0.3 is 0 Å². The molecule has 3 heterocycles. The van der Waals surface area contributed by atoms with Crippen LogP contribution in [0.4, 0.5) is 0 Å². The number of rotatable bonds is 4. The number of benzene rings is 1. The van der Waals surface area contributed by atoms with Crippen LogP contribution in [0.5, 0.6) is 5.75 Å². The van der Waals surface area contributed by atoms with Crippen molar-refractivity contribution in [3.63, 3.8) is 0 Å². The SMILES string of the molecule is COc1cccc(/C=C/C(=O)N2CCCC2c2nnc3n2CCCCC3)c1. The molecule has 142 valence electrons. The van der Waals surface area contributed by atoms with Crippen LogP contribution in [0.1, 0.15) is 55.4 Å². The monoisotopic (exact) mass is 366 g/mol. The smallest absolute Gasteiger partial charge is 0.247 e. The van der Waals surface area contributed by atoms with E-state index in [-0.39, 0.29) is 11.9 Å². The summed E-state index contributed by atoms with van der Waals surface area (Å²) in [5, 5.41) is 8.88. The predicted molar refractivity (Wildman–Crippen MR) is 103 cm³/mol. The quantitative estimate of drug-likeness (QED) is 0.778. The molecule has 4 rings (SSSR count). The van der Waals surface area contributed by atoms with Crippen LogP contribution < -0.4 is 4.74 Å². The van der Waals surface area contributed by atoms with Crippen LogP contribution in [0.2, 0.25) is 0 Å². The van der Waals surface area contributed by atoms with Crippen molar-refractivity contribution >= 4 is 12.0 Å². The van der Waals surface area contributed by atoms with Crippen LogP contribution in [-0.4, -0.2) is 39.2 Å². The van der Waals surface area contributed by atoms with Gasteiger partial charge in [0, 0.05) is 25.6 Å². The maximum atomic E-state index is 12.9. The van der Waals surface area contributed by atoms with Crippen LogP contribution in [-0.2, 0) is 17.8 Å². The first kappa shape index (κ1) is 17.8. The molecule has 0 bridgehead atoms. The third-order valence-corrected chi connectivity index (χ3v) is 5.48. The lowest BCUT2D eigenvalue weighted by atomic mass is 10.2. The number of fused-ring (bicyclic) bond motifs is 1. The molecular weight excluding hydrogens is 340 g/mol. The molecule has 1 amide bonds. The Bertz CT molecular complexity index is 842. The fraction of sp³-hybridized carbons (Fsp3) is 0.476. The Labute approximate surface area is 159 Å². The highest BCUT2D eigenvalue weighted by Crippen LogP contribution is 2.32. The van der Waals surface area contributed by atoms with Crippen LogP contribution in [0, 0.1) is 0 Å². The Morgan fingerprint density at radius 3 is 3.00 bits per heavy atom. The summed E-state index contributed by atoms with van der Waals surface area (Å²) >= 11 is 0. The summed E-state index contributed by atoms with van der Waals surface area (Å²) < 4.78 is 7.50. The van der Waals surface area contributed by atoms with Crippen molar-refractivity contribution in [2.75, 3.05) is 13.7 Å². The van der Waals surface area contributed by atoms with Gasteiger partial charge in [-0.1, -0.05) is 18.6 Å². The summed E-state index contributed by atoms with van der Waals surface area (Å²) in [6, 6.07) is 7.74. The largest absolute Gasteiger partial charge is 0.497 e. The third kappa shape index (κ3) is 3.75. The molecule has 0 spiro atoms. The average Bonchev–Trinajstić information content (AvgIpc) is 3.27. The number of hydrogen-bond donors (Lipinski definition) is 0. The van der Waals surface area contributed by atoms with Gasteiger partial charge in [-0.3, -0.25) is 4.79 Å². The molecule has 1 atom stereocenters. The van der Waals surface area contributed by atoms with Gasteiger partial charge in [0.25, 0.3) is 0 Å². The minimum absolute atomic E-state index is 0.0336. The van der Waals surface area contributed by atoms with Gasteiger partial charge in [-0.15, -0.1) is 10.2 Å². The minimum atomic E-state index is 0.0336. The molecule has 2 aromatic rings. The first-order chi connectivity index (χ1) is 13.3. The van der Waals surface area contributed by atoms with E-state index in [2.05, 4.69) is 14.8 Å². The third-order valence-electron chi connectivity index (χ3n) is 5.48. The first-order valence-electron chi connectivity index (χ1n) is 9.81. The molecule has 1 unspecified atom stereocenters. The molecule has 1 aromatic carbocycles. The summed E-state index contributed by atoms with van der Waals surface area (Å²) in [6.45, 7) is 1.74. The van der Waals surface area contributed by atoms with E-state index >= 15 is 0 Å². The molecule has 1 aromatic heterocycles. The number of carbonyl (C=O) groups is 1. The van der Waals surface area contributed by atoms with Gasteiger partial charge in [0.05, 0.1) is 13.2 Å². The second kappa shape index (κ2) is 7.94. The highest BCUT2D eigenvalue weighted by atomic mass is 16.5. The van der Waals surface area contributed by atoms with Gasteiger partial charge in [-0.25, -0.2) is 0 Å². The van der Waals surface area contributed by atoms with Crippen LogP contribution >= 0.6 is 0 Å². The number of amides is 1. The van der Waals surface area contributed by atoms with Gasteiger partial charge in [-0.05, 0) is 49.5 Å². The minimum Gasteiger partial charge on any atom is -0.497 e. The van der Waals surface area contributed by atoms with E-state index in [1.807, 2.05) is 35.2 Å². The lowest BCUT2D eigenvalue weighted by molar-refractivity contribution is -0.127. The molecule has 2 aliphatic heterocycles. The molecule has 0 N–H and O–H groups in total. The Morgan fingerprint density at radius 1 is 1.19 bits per heavy atom. The number of ether oxygens (including phenoxy) is 1. The summed E-state index contributed by atoms with van der Waals surface area (Å²) in [4.78, 5) is 14.8. The van der Waals surface area contributed by atoms with Gasteiger partial charge in [0.2, 0.25) is 5.91 Å². The molecule has 2 aliphatic rings. The van der Waals surface area contributed by atoms with E-state index in [0.717, 1.165) is 61.7 Å². The zero-order valence-corrected chi connectivity index (χ0v) is 15.8. The molecule has 6 heteroatoms. The molecule has 6 nitrogen and oxygen atoms in total. The van der Waals surface area contributed by atoms with E-state index in [1.165, 1.54) is 12.8 Å². The van der Waals surface area contributed by atoms with Crippen molar-refractivity contribution in [1.29, 1.82) is 0 Å². The zero-order chi connectivity index (χ0) is 18.6. The van der Waals surface area contributed by atoms with Gasteiger partial charge in [0.1, 0.15) is 11.6 Å². The van der Waals surface area contributed by atoms with Crippen LogP contribution in [0.25, 0.3) is 6.08 Å². The van der Waals surface area contributed by atoms with E-state index in [4.69, 9.17) is 4.74 Å². The normalized spacial score (nSPS) is 19.9. The van der Waals surface area contributed by atoms with Crippen LogP contribution in [0.3, 0.4) is 0 Å². The molecule has 0 radical (unpaired) electrons. The van der Waals surface area contributed by atoms with Crippen molar-refractivity contribution in [2.24, 2.45) is 0 Å². The summed E-state index contributed by atoms with van der Waals surface area (Å²) in [5.41, 5.74) is 0.954. The topological polar surface area (TPSA) is 60.2 Å². The molecule has 27 heavy (non-hydrogen) atoms. The number of hydrogen-bond acceptors (Lipinski definition) is 4. The summed E-state index contributed by atoms with van der Waals surface area (Å²) in [7, 11) is 1.64. The predicted octanol–water partition coefficient (Wildman–Crippen LogP) is 3.39. The van der Waals surface area contributed by atoms with Gasteiger partial charge in [0.15, 0.2) is 5.82 Å². The highest BCUT2D eigenvalue weighted by molar-refractivity contribution is 5.92. The second-order valence-electron chi connectivity index (χ2n) is 7.24. The Kier molecular flexibility index (Phi) is 5.23. The number of aromatic nitrogens is 3. The maximum Gasteiger partial charge on any atom is 0.247 e. The van der Waals surface area contributed by atoms with E-state index in [0.29, 0.717) is 0 Å². The standard InChI is InChI=1S/C21H26N4O2/c1-27-17-8-5-7-16(15-17)11-12-20(26)24-14-6-9-18(24)21-23-22-19-10-3-2-4-13-25(19)21/h5,7-8,11-12,15,18H,2-4,6,9-10,13-14H2,1H3/b12-11+. The summed E-state index contributed by atoms with van der Waals surface area (Å²) in [6.07, 6.45) is 10.0. The molecule has 0 saturated carbocycles. The van der Waals surface area contributed by atoms with E-state index in [1.54, 1.807) is 13.2 Å². The second-order valence-corrected chi connectivity index (χ2v) is 7.24. The Morgan fingerprint density at radius 2 is 2.11 bits per heavy atom. The fourth-order valence-electron chi connectivity index (χ4n) is 4.06. The van der Waals surface area contributed by atoms with E-state index < -0.39 is 0 Å². The maximum absolute atomic E-state index is 12.9. The lowest BCUT2D eigenvalue weighted by Gasteiger charge is -2.23. The number of methoxy groups -OCH3 is 1. The fourth-order valence-corrected chi connectivity index (χ4v) is 4.06. The average molecular weight is 366 g/mol. The molecule has 1 fully saturated rings. The molecule has 1 saturated heterocycles. The molecular formula is C21H26N4O2. The van der Waals surface area contributed by atoms with Crippen molar-refractivity contribution in [2.45, 2.75) is 51.1 Å². The van der Waals surface area contributed by atoms with E-state index in [9.17, 15) is 4.79 Å². The zero-order valence-electron chi connectivity index (χ0n) is 15.8. The van der Waals surface area contributed by atoms with Crippen molar-refractivity contribution in [1.82, 2.24) is 19.7 Å². The highest BCUT2D eigenvalue weighted by Gasteiger charge is 2.33. The lowest BCUT2D eigenvalue weighted by Crippen LogP contribution is -2.30. The summed E-state index contributed by atoms with van der Waals surface area (Å²) in [5.74, 6) is 2.86. The Balaban J connectivity index is 1.52. The number of likely N-dealkylation sites (tertiary alicyclic amines) is 1. The van der Waals surface area contributed by atoms with Crippen LogP contribution in [0.15, 0.2) is 30.3 Å². The van der Waals surface area contributed by atoms with Crippen molar-refractivity contribution < 1.29 is 9.53 Å². The van der Waals surface area contributed by atoms with Gasteiger partial charge < -0.3 is 14.2 Å². The number of carbonyl (C=O) groups excluding carboxylic acids is 1. The Hall–Kier alpha value is -2.63. The van der Waals surface area contributed by atoms with Gasteiger partial charge in [-0.2, -0.15) is 0 Å². The van der Waals surface area contributed by atoms with Crippen molar-refractivity contribution in [3.8, 4) is 5.75 Å². The molecule has 0 aliphatic carbocycles. The first-order valence-corrected chi connectivity index (χ1v) is 9.81.